The van der Waals surface area contributed by atoms with E-state index in [1.165, 1.54) is 0 Å². The smallest absolute Gasteiger partial charge is 0.120 e. The number of halogens is 2. The average Bonchev–Trinajstić information content (AvgIpc) is 2.36. The molecule has 0 aliphatic heterocycles. The first-order valence-corrected chi connectivity index (χ1v) is 6.75. The molecule has 2 aromatic rings. The van der Waals surface area contributed by atoms with Gasteiger partial charge < -0.3 is 10.4 Å². The first kappa shape index (κ1) is 13.4. The van der Waals surface area contributed by atoms with Crippen LogP contribution in [-0.4, -0.2) is 5.11 Å². The first-order chi connectivity index (χ1) is 8.66. The third-order valence-electron chi connectivity index (χ3n) is 2.62. The van der Waals surface area contributed by atoms with E-state index in [1.54, 1.807) is 6.07 Å². The molecule has 0 spiro atoms. The zero-order valence-corrected chi connectivity index (χ0v) is 12.0. The lowest BCUT2D eigenvalue weighted by Gasteiger charge is -2.07. The molecule has 0 atom stereocenters. The molecule has 0 saturated carbocycles. The lowest BCUT2D eigenvalue weighted by Crippen LogP contribution is -2.12. The summed E-state index contributed by atoms with van der Waals surface area (Å²) >= 11 is 9.38. The minimum absolute atomic E-state index is 0.318. The van der Waals surface area contributed by atoms with Crippen LogP contribution in [0.4, 0.5) is 0 Å². The second-order valence-electron chi connectivity index (χ2n) is 3.98. The van der Waals surface area contributed by atoms with Gasteiger partial charge in [-0.3, -0.25) is 0 Å². The maximum Gasteiger partial charge on any atom is 0.120 e. The van der Waals surface area contributed by atoms with Crippen LogP contribution in [-0.2, 0) is 13.1 Å². The van der Waals surface area contributed by atoms with Crippen molar-refractivity contribution in [1.29, 1.82) is 0 Å². The molecule has 0 saturated heterocycles. The molecule has 4 heteroatoms. The van der Waals surface area contributed by atoms with Crippen molar-refractivity contribution in [3.63, 3.8) is 0 Å². The zero-order chi connectivity index (χ0) is 13.0. The summed E-state index contributed by atoms with van der Waals surface area (Å²) < 4.78 is 0.897. The lowest BCUT2D eigenvalue weighted by molar-refractivity contribution is 0.464. The van der Waals surface area contributed by atoms with E-state index in [9.17, 15) is 5.11 Å². The van der Waals surface area contributed by atoms with Crippen molar-refractivity contribution in [3.05, 3.63) is 63.1 Å². The van der Waals surface area contributed by atoms with Gasteiger partial charge in [0.05, 0.1) is 5.02 Å². The molecule has 2 nitrogen and oxygen atoms in total. The van der Waals surface area contributed by atoms with Crippen LogP contribution in [0.25, 0.3) is 0 Å². The van der Waals surface area contributed by atoms with Crippen molar-refractivity contribution in [2.45, 2.75) is 13.1 Å². The van der Waals surface area contributed by atoms with Crippen molar-refractivity contribution in [2.75, 3.05) is 0 Å². The van der Waals surface area contributed by atoms with Crippen LogP contribution < -0.4 is 5.32 Å². The van der Waals surface area contributed by atoms with Crippen LogP contribution in [0.3, 0.4) is 0 Å². The Morgan fingerprint density at radius 1 is 1.11 bits per heavy atom. The normalized spacial score (nSPS) is 10.6. The summed E-state index contributed by atoms with van der Waals surface area (Å²) in [4.78, 5) is 0. The second-order valence-corrected chi connectivity index (χ2v) is 5.24. The third kappa shape index (κ3) is 3.48. The molecule has 0 aromatic heterocycles. The highest BCUT2D eigenvalue weighted by Gasteiger charge is 2.01. The van der Waals surface area contributed by atoms with Crippen LogP contribution in [0.15, 0.2) is 46.9 Å². The fraction of sp³-hybridized carbons (Fsp3) is 0.143. The fourth-order valence-electron chi connectivity index (χ4n) is 1.65. The maximum absolute atomic E-state index is 9.62. The summed E-state index contributed by atoms with van der Waals surface area (Å²) in [6.45, 7) is 1.34. The predicted octanol–water partition coefficient (Wildman–Crippen LogP) is 4.10. The monoisotopic (exact) mass is 325 g/mol. The van der Waals surface area contributed by atoms with Gasteiger partial charge in [0, 0.05) is 23.1 Å². The number of hydrogen-bond acceptors (Lipinski definition) is 2. The van der Waals surface area contributed by atoms with Crippen LogP contribution in [0, 0.1) is 0 Å². The van der Waals surface area contributed by atoms with E-state index in [1.807, 2.05) is 36.4 Å². The molecule has 0 bridgehead atoms. The minimum atomic E-state index is 0.318. The Labute approximate surface area is 120 Å². The third-order valence-corrected chi connectivity index (χ3v) is 3.85. The molecular formula is C14H13BrClNO. The Balaban J connectivity index is 1.92. The average molecular weight is 327 g/mol. The van der Waals surface area contributed by atoms with Crippen LogP contribution in [0.5, 0.6) is 5.75 Å². The summed E-state index contributed by atoms with van der Waals surface area (Å²) in [5.74, 6) is 0.318. The summed E-state index contributed by atoms with van der Waals surface area (Å²) in [6.07, 6.45) is 0. The predicted molar refractivity (Wildman–Crippen MR) is 77.8 cm³/mol. The number of hydrogen-bond donors (Lipinski definition) is 2. The van der Waals surface area contributed by atoms with Crippen molar-refractivity contribution in [1.82, 2.24) is 5.32 Å². The molecule has 18 heavy (non-hydrogen) atoms. The molecule has 2 aromatic carbocycles. The van der Waals surface area contributed by atoms with Crippen molar-refractivity contribution < 1.29 is 5.11 Å². The van der Waals surface area contributed by atoms with Gasteiger partial charge >= 0.3 is 0 Å². The molecule has 2 rings (SSSR count). The number of phenolic OH excluding ortho intramolecular Hbond substituents is 1. The highest BCUT2D eigenvalue weighted by atomic mass is 79.9. The Morgan fingerprint density at radius 2 is 1.89 bits per heavy atom. The van der Waals surface area contributed by atoms with Gasteiger partial charge in [-0.05, 0) is 39.7 Å². The van der Waals surface area contributed by atoms with Crippen molar-refractivity contribution in [3.8, 4) is 5.75 Å². The fourth-order valence-corrected chi connectivity index (χ4v) is 2.10. The van der Waals surface area contributed by atoms with E-state index >= 15 is 0 Å². The quantitative estimate of drug-likeness (QED) is 0.886. The molecule has 0 radical (unpaired) electrons. The van der Waals surface area contributed by atoms with Crippen molar-refractivity contribution >= 4 is 27.5 Å². The number of nitrogens with one attached hydrogen (secondary N) is 1. The molecule has 0 unspecified atom stereocenters. The van der Waals surface area contributed by atoms with Crippen molar-refractivity contribution in [2.24, 2.45) is 0 Å². The summed E-state index contributed by atoms with van der Waals surface area (Å²) in [7, 11) is 0. The molecule has 0 amide bonds. The number of para-hydroxylation sites is 1. The molecule has 0 aliphatic rings. The van der Waals surface area contributed by atoms with E-state index in [-0.39, 0.29) is 0 Å². The minimum Gasteiger partial charge on any atom is -0.508 e. The maximum atomic E-state index is 9.62. The Bertz CT molecular complexity index is 545. The molecule has 94 valence electrons. The first-order valence-electron chi connectivity index (χ1n) is 5.58. The van der Waals surface area contributed by atoms with Crippen LogP contribution in [0.2, 0.25) is 5.02 Å². The Hall–Kier alpha value is -1.03. The number of phenols is 1. The highest BCUT2D eigenvalue weighted by molar-refractivity contribution is 9.10. The van der Waals surface area contributed by atoms with Crippen LogP contribution >= 0.6 is 27.5 Å². The Morgan fingerprint density at radius 3 is 2.61 bits per heavy atom. The summed E-state index contributed by atoms with van der Waals surface area (Å²) in [5, 5.41) is 13.6. The standard InChI is InChI=1S/C14H13BrClNO/c15-12-6-5-10(7-13(12)16)8-17-9-11-3-1-2-4-14(11)18/h1-7,17-18H,8-9H2. The number of aromatic hydroxyl groups is 1. The van der Waals surface area contributed by atoms with Gasteiger partial charge in [0.15, 0.2) is 0 Å². The summed E-state index contributed by atoms with van der Waals surface area (Å²) in [5.41, 5.74) is 2.00. The van der Waals surface area contributed by atoms with Gasteiger partial charge in [-0.2, -0.15) is 0 Å². The number of benzene rings is 2. The lowest BCUT2D eigenvalue weighted by atomic mass is 10.2. The Kier molecular flexibility index (Phi) is 4.64. The SMILES string of the molecule is Oc1ccccc1CNCc1ccc(Br)c(Cl)c1. The second kappa shape index (κ2) is 6.23. The van der Waals surface area contributed by atoms with E-state index in [0.29, 0.717) is 23.9 Å². The van der Waals surface area contributed by atoms with Gasteiger partial charge in [0.1, 0.15) is 5.75 Å². The van der Waals surface area contributed by atoms with Gasteiger partial charge in [-0.25, -0.2) is 0 Å². The molecular weight excluding hydrogens is 314 g/mol. The molecule has 0 heterocycles. The topological polar surface area (TPSA) is 32.3 Å². The number of rotatable bonds is 4. The summed E-state index contributed by atoms with van der Waals surface area (Å²) in [6, 6.07) is 13.2. The van der Waals surface area contributed by atoms with Crippen LogP contribution in [0.1, 0.15) is 11.1 Å². The highest BCUT2D eigenvalue weighted by Crippen LogP contribution is 2.23. The van der Waals surface area contributed by atoms with E-state index < -0.39 is 0 Å². The van der Waals surface area contributed by atoms with Gasteiger partial charge in [0.25, 0.3) is 0 Å². The van der Waals surface area contributed by atoms with Gasteiger partial charge in [0.2, 0.25) is 0 Å². The van der Waals surface area contributed by atoms with E-state index in [2.05, 4.69) is 21.2 Å². The van der Waals surface area contributed by atoms with Gasteiger partial charge in [-0.15, -0.1) is 0 Å². The van der Waals surface area contributed by atoms with E-state index in [0.717, 1.165) is 15.6 Å². The van der Waals surface area contributed by atoms with E-state index in [4.69, 9.17) is 11.6 Å². The molecule has 0 fully saturated rings. The zero-order valence-electron chi connectivity index (χ0n) is 9.66. The molecule has 0 aliphatic carbocycles. The largest absolute Gasteiger partial charge is 0.508 e. The molecule has 2 N–H and O–H groups in total. The van der Waals surface area contributed by atoms with Gasteiger partial charge in [-0.1, -0.05) is 35.9 Å².